The molecule has 1 aromatic rings. The molecule has 0 amide bonds. The number of benzene rings is 1. The summed E-state index contributed by atoms with van der Waals surface area (Å²) in [6.45, 7) is 2.14. The second kappa shape index (κ2) is 7.17. The number of aryl methyl sites for hydroxylation is 1. The van der Waals surface area contributed by atoms with Gasteiger partial charge < -0.3 is 9.84 Å². The van der Waals surface area contributed by atoms with Crippen LogP contribution >= 0.6 is 0 Å². The van der Waals surface area contributed by atoms with Crippen molar-refractivity contribution in [3.05, 3.63) is 29.8 Å². The van der Waals surface area contributed by atoms with Crippen LogP contribution in [0.15, 0.2) is 29.2 Å². The number of rotatable bonds is 5. The molecule has 112 valence electrons. The molecule has 1 fully saturated rings. The lowest BCUT2D eigenvalue weighted by atomic mass is 10.1. The van der Waals surface area contributed by atoms with Crippen molar-refractivity contribution in [2.75, 3.05) is 32.9 Å². The molecule has 20 heavy (non-hydrogen) atoms. The Morgan fingerprint density at radius 1 is 1.15 bits per heavy atom. The maximum absolute atomic E-state index is 12.5. The summed E-state index contributed by atoms with van der Waals surface area (Å²) in [5.74, 6) is 0. The van der Waals surface area contributed by atoms with E-state index in [2.05, 4.69) is 0 Å². The highest BCUT2D eigenvalue weighted by atomic mass is 32.2. The molecule has 1 aliphatic heterocycles. The number of hydrogen-bond acceptors (Lipinski definition) is 4. The summed E-state index contributed by atoms with van der Waals surface area (Å²) in [4.78, 5) is 0.326. The van der Waals surface area contributed by atoms with Gasteiger partial charge in [0.2, 0.25) is 10.0 Å². The first-order valence-corrected chi connectivity index (χ1v) is 8.36. The van der Waals surface area contributed by atoms with Gasteiger partial charge in [0.05, 0.1) is 11.5 Å². The molecule has 0 aliphatic carbocycles. The van der Waals surface area contributed by atoms with Crippen molar-refractivity contribution in [3.63, 3.8) is 0 Å². The van der Waals surface area contributed by atoms with Gasteiger partial charge in [-0.3, -0.25) is 0 Å². The minimum Gasteiger partial charge on any atom is -0.396 e. The zero-order chi connectivity index (χ0) is 14.4. The Kier molecular flexibility index (Phi) is 5.54. The Labute approximate surface area is 120 Å². The second-order valence-corrected chi connectivity index (χ2v) is 6.78. The van der Waals surface area contributed by atoms with Gasteiger partial charge >= 0.3 is 0 Å². The second-order valence-electron chi connectivity index (χ2n) is 4.84. The fourth-order valence-electron chi connectivity index (χ4n) is 2.22. The maximum Gasteiger partial charge on any atom is 0.243 e. The Morgan fingerprint density at radius 2 is 1.90 bits per heavy atom. The van der Waals surface area contributed by atoms with Crippen LogP contribution in [0.4, 0.5) is 0 Å². The first kappa shape index (κ1) is 15.4. The van der Waals surface area contributed by atoms with E-state index in [4.69, 9.17) is 9.84 Å². The standard InChI is InChI=1S/C14H21NO4S/c16-10-1-3-13-4-6-14(7-5-13)20(17,18)15-8-2-11-19-12-9-15/h4-7,16H,1-3,8-12H2. The average Bonchev–Trinajstić information content (AvgIpc) is 2.75. The van der Waals surface area contributed by atoms with Crippen molar-refractivity contribution >= 4 is 10.0 Å². The van der Waals surface area contributed by atoms with Crippen molar-refractivity contribution in [1.29, 1.82) is 0 Å². The molecular formula is C14H21NO4S. The predicted octanol–water partition coefficient (Wildman–Crippen LogP) is 1.02. The zero-order valence-corrected chi connectivity index (χ0v) is 12.3. The summed E-state index contributed by atoms with van der Waals surface area (Å²) < 4.78 is 31.8. The van der Waals surface area contributed by atoms with E-state index >= 15 is 0 Å². The summed E-state index contributed by atoms with van der Waals surface area (Å²) in [5.41, 5.74) is 1.04. The number of aliphatic hydroxyl groups is 1. The van der Waals surface area contributed by atoms with Crippen LogP contribution in [0.1, 0.15) is 18.4 Å². The third-order valence-corrected chi connectivity index (χ3v) is 5.28. The van der Waals surface area contributed by atoms with Gasteiger partial charge in [-0.15, -0.1) is 0 Å². The van der Waals surface area contributed by atoms with E-state index in [-0.39, 0.29) is 6.61 Å². The Bertz CT molecular complexity index is 504. The highest BCUT2D eigenvalue weighted by molar-refractivity contribution is 7.89. The fourth-order valence-corrected chi connectivity index (χ4v) is 3.69. The zero-order valence-electron chi connectivity index (χ0n) is 11.5. The molecule has 2 rings (SSSR count). The minimum atomic E-state index is -3.42. The quantitative estimate of drug-likeness (QED) is 0.881. The summed E-state index contributed by atoms with van der Waals surface area (Å²) in [7, 11) is -3.42. The molecule has 0 saturated carbocycles. The average molecular weight is 299 g/mol. The predicted molar refractivity (Wildman–Crippen MR) is 76.0 cm³/mol. The van der Waals surface area contributed by atoms with Crippen LogP contribution < -0.4 is 0 Å². The fraction of sp³-hybridized carbons (Fsp3) is 0.571. The summed E-state index contributed by atoms with van der Waals surface area (Å²) in [6, 6.07) is 6.93. The first-order chi connectivity index (χ1) is 9.64. The van der Waals surface area contributed by atoms with Gasteiger partial charge in [-0.05, 0) is 37.0 Å². The number of aliphatic hydroxyl groups excluding tert-OH is 1. The lowest BCUT2D eigenvalue weighted by molar-refractivity contribution is 0.148. The molecule has 1 aliphatic rings. The van der Waals surface area contributed by atoms with Crippen LogP contribution in [-0.4, -0.2) is 50.7 Å². The molecule has 0 unspecified atom stereocenters. The molecular weight excluding hydrogens is 278 g/mol. The Balaban J connectivity index is 2.12. The van der Waals surface area contributed by atoms with E-state index in [0.717, 1.165) is 18.4 Å². The molecule has 0 spiro atoms. The molecule has 6 heteroatoms. The lowest BCUT2D eigenvalue weighted by Crippen LogP contribution is -2.33. The van der Waals surface area contributed by atoms with Gasteiger partial charge in [-0.1, -0.05) is 12.1 Å². The van der Waals surface area contributed by atoms with E-state index in [1.54, 1.807) is 12.1 Å². The van der Waals surface area contributed by atoms with Crippen molar-refractivity contribution in [2.24, 2.45) is 0 Å². The number of sulfonamides is 1. The van der Waals surface area contributed by atoms with Crippen LogP contribution in [0.25, 0.3) is 0 Å². The molecule has 0 bridgehead atoms. The van der Waals surface area contributed by atoms with Crippen LogP contribution in [-0.2, 0) is 21.2 Å². The van der Waals surface area contributed by atoms with E-state index in [9.17, 15) is 8.42 Å². The van der Waals surface area contributed by atoms with Gasteiger partial charge in [-0.2, -0.15) is 4.31 Å². The summed E-state index contributed by atoms with van der Waals surface area (Å²) in [5, 5.41) is 8.79. The Morgan fingerprint density at radius 3 is 2.60 bits per heavy atom. The third-order valence-electron chi connectivity index (χ3n) is 3.37. The van der Waals surface area contributed by atoms with Crippen LogP contribution in [0.3, 0.4) is 0 Å². The van der Waals surface area contributed by atoms with Gasteiger partial charge in [0.1, 0.15) is 0 Å². The van der Waals surface area contributed by atoms with Gasteiger partial charge in [-0.25, -0.2) is 8.42 Å². The monoisotopic (exact) mass is 299 g/mol. The lowest BCUT2D eigenvalue weighted by Gasteiger charge is -2.19. The molecule has 1 saturated heterocycles. The number of ether oxygens (including phenoxy) is 1. The number of nitrogens with zero attached hydrogens (tertiary/aromatic N) is 1. The highest BCUT2D eigenvalue weighted by Crippen LogP contribution is 2.18. The molecule has 1 aromatic carbocycles. The van der Waals surface area contributed by atoms with E-state index in [1.807, 2.05) is 12.1 Å². The molecule has 0 radical (unpaired) electrons. The Hall–Kier alpha value is -0.950. The largest absolute Gasteiger partial charge is 0.396 e. The molecule has 0 atom stereocenters. The van der Waals surface area contributed by atoms with E-state index < -0.39 is 10.0 Å². The highest BCUT2D eigenvalue weighted by Gasteiger charge is 2.25. The van der Waals surface area contributed by atoms with Crippen molar-refractivity contribution in [2.45, 2.75) is 24.2 Å². The van der Waals surface area contributed by atoms with Crippen LogP contribution in [0.5, 0.6) is 0 Å². The minimum absolute atomic E-state index is 0.147. The van der Waals surface area contributed by atoms with Gasteiger partial charge in [0, 0.05) is 26.3 Å². The molecule has 5 nitrogen and oxygen atoms in total. The van der Waals surface area contributed by atoms with Crippen LogP contribution in [0.2, 0.25) is 0 Å². The van der Waals surface area contributed by atoms with Crippen molar-refractivity contribution in [3.8, 4) is 0 Å². The van der Waals surface area contributed by atoms with E-state index in [1.165, 1.54) is 4.31 Å². The van der Waals surface area contributed by atoms with E-state index in [0.29, 0.717) is 37.6 Å². The summed E-state index contributed by atoms with van der Waals surface area (Å²) in [6.07, 6.45) is 2.18. The smallest absolute Gasteiger partial charge is 0.243 e. The van der Waals surface area contributed by atoms with Gasteiger partial charge in [0.25, 0.3) is 0 Å². The van der Waals surface area contributed by atoms with Crippen molar-refractivity contribution in [1.82, 2.24) is 4.31 Å². The van der Waals surface area contributed by atoms with Gasteiger partial charge in [0.15, 0.2) is 0 Å². The molecule has 1 heterocycles. The summed E-state index contributed by atoms with van der Waals surface area (Å²) >= 11 is 0. The SMILES string of the molecule is O=S(=O)(c1ccc(CCCO)cc1)N1CCCOCC1. The third kappa shape index (κ3) is 3.79. The molecule has 0 aromatic heterocycles. The number of hydrogen-bond donors (Lipinski definition) is 1. The first-order valence-electron chi connectivity index (χ1n) is 6.92. The topological polar surface area (TPSA) is 66.8 Å². The van der Waals surface area contributed by atoms with Crippen molar-refractivity contribution < 1.29 is 18.3 Å². The van der Waals surface area contributed by atoms with Crippen LogP contribution in [0, 0.1) is 0 Å². The normalized spacial score (nSPS) is 17.9. The maximum atomic E-state index is 12.5. The molecule has 1 N–H and O–H groups in total.